The van der Waals surface area contributed by atoms with E-state index >= 15 is 0 Å². The smallest absolute Gasteiger partial charge is 0.128 e. The number of hydrogen-bond acceptors (Lipinski definition) is 2. The Balaban J connectivity index is 1.69. The minimum absolute atomic E-state index is 0.0601. The summed E-state index contributed by atoms with van der Waals surface area (Å²) in [5.74, 6) is 0.167. The summed E-state index contributed by atoms with van der Waals surface area (Å²) in [5.41, 5.74) is 11.7. The summed E-state index contributed by atoms with van der Waals surface area (Å²) < 4.78 is 0. The average molecular weight is 656 g/mol. The standard InChI is InChI=1S/C48H49NO/c1-33-28-40(43(34-20-12-8-13-21-34)35-22-14-9-15-23-35)45(41(29-33)44(36-24-16-10-17-25-36)37-26-18-11-19-27-37)49-32-38-30-39(47(2,3)4)31-42(46(38)50)48(5,6)7/h8-32,43-44,50H,1-7H3. The fourth-order valence-electron chi connectivity index (χ4n) is 7.00. The number of aliphatic imine (C=N–C) groups is 1. The zero-order valence-electron chi connectivity index (χ0n) is 30.5. The highest BCUT2D eigenvalue weighted by molar-refractivity contribution is 5.88. The minimum atomic E-state index is -0.245. The van der Waals surface area contributed by atoms with Gasteiger partial charge in [0.05, 0.1) is 5.69 Å². The molecule has 0 spiro atoms. The molecule has 0 bridgehead atoms. The molecule has 0 atom stereocenters. The molecule has 0 fully saturated rings. The largest absolute Gasteiger partial charge is 0.507 e. The SMILES string of the molecule is Cc1cc(C(c2ccccc2)c2ccccc2)c(N=Cc2cc(C(C)(C)C)cc(C(C)(C)C)c2O)c(C(c2ccccc2)c2ccccc2)c1. The van der Waals surface area contributed by atoms with Crippen LogP contribution in [0.1, 0.15) is 109 Å². The number of aryl methyl sites for hydroxylation is 1. The normalized spacial score (nSPS) is 12.3. The van der Waals surface area contributed by atoms with Gasteiger partial charge in [0.1, 0.15) is 5.75 Å². The van der Waals surface area contributed by atoms with Crippen molar-refractivity contribution in [1.82, 2.24) is 0 Å². The van der Waals surface area contributed by atoms with Gasteiger partial charge in [-0.05, 0) is 62.8 Å². The molecule has 2 nitrogen and oxygen atoms in total. The van der Waals surface area contributed by atoms with Crippen LogP contribution >= 0.6 is 0 Å². The first kappa shape index (κ1) is 34.6. The van der Waals surface area contributed by atoms with E-state index in [9.17, 15) is 5.11 Å². The molecule has 0 saturated carbocycles. The van der Waals surface area contributed by atoms with Crippen LogP contribution in [0.15, 0.2) is 151 Å². The topological polar surface area (TPSA) is 32.6 Å². The van der Waals surface area contributed by atoms with Crippen molar-refractivity contribution < 1.29 is 5.11 Å². The highest BCUT2D eigenvalue weighted by Crippen LogP contribution is 2.46. The van der Waals surface area contributed by atoms with Gasteiger partial charge in [0.2, 0.25) is 0 Å². The first-order valence-electron chi connectivity index (χ1n) is 17.7. The first-order chi connectivity index (χ1) is 23.9. The summed E-state index contributed by atoms with van der Waals surface area (Å²) in [4.78, 5) is 5.48. The lowest BCUT2D eigenvalue weighted by Gasteiger charge is -2.28. The van der Waals surface area contributed by atoms with E-state index in [0.717, 1.165) is 27.9 Å². The lowest BCUT2D eigenvalue weighted by atomic mass is 9.78. The molecule has 252 valence electrons. The van der Waals surface area contributed by atoms with Crippen LogP contribution in [0.25, 0.3) is 0 Å². The van der Waals surface area contributed by atoms with Crippen molar-refractivity contribution >= 4 is 11.9 Å². The van der Waals surface area contributed by atoms with Gasteiger partial charge in [0, 0.05) is 29.2 Å². The molecule has 6 aromatic rings. The minimum Gasteiger partial charge on any atom is -0.507 e. The molecule has 0 heterocycles. The number of nitrogens with zero attached hydrogens (tertiary/aromatic N) is 1. The van der Waals surface area contributed by atoms with Crippen molar-refractivity contribution in [2.24, 2.45) is 4.99 Å². The van der Waals surface area contributed by atoms with Crippen molar-refractivity contribution in [1.29, 1.82) is 0 Å². The predicted molar refractivity (Wildman–Crippen MR) is 212 cm³/mol. The maximum atomic E-state index is 11.8. The Labute approximate surface area is 299 Å². The molecule has 1 N–H and O–H groups in total. The Morgan fingerprint density at radius 2 is 0.900 bits per heavy atom. The summed E-state index contributed by atoms with van der Waals surface area (Å²) >= 11 is 0. The molecule has 50 heavy (non-hydrogen) atoms. The Kier molecular flexibility index (Phi) is 9.93. The maximum absolute atomic E-state index is 11.8. The second-order valence-corrected chi connectivity index (χ2v) is 15.5. The lowest BCUT2D eigenvalue weighted by molar-refractivity contribution is 0.444. The van der Waals surface area contributed by atoms with Gasteiger partial charge in [-0.2, -0.15) is 0 Å². The number of hydrogen-bond donors (Lipinski definition) is 1. The second-order valence-electron chi connectivity index (χ2n) is 15.5. The molecule has 0 unspecified atom stereocenters. The highest BCUT2D eigenvalue weighted by Gasteiger charge is 2.28. The van der Waals surface area contributed by atoms with Gasteiger partial charge in [-0.25, -0.2) is 0 Å². The highest BCUT2D eigenvalue weighted by atomic mass is 16.3. The van der Waals surface area contributed by atoms with Crippen LogP contribution in [0, 0.1) is 6.92 Å². The van der Waals surface area contributed by atoms with Gasteiger partial charge < -0.3 is 5.11 Å². The van der Waals surface area contributed by atoms with Gasteiger partial charge >= 0.3 is 0 Å². The number of aromatic hydroxyl groups is 1. The summed E-state index contributed by atoms with van der Waals surface area (Å²) in [6, 6.07) is 51.8. The summed E-state index contributed by atoms with van der Waals surface area (Å²) in [5, 5.41) is 11.8. The van der Waals surface area contributed by atoms with E-state index in [1.165, 1.54) is 33.4 Å². The van der Waals surface area contributed by atoms with Crippen LogP contribution in [0.5, 0.6) is 5.75 Å². The number of benzene rings is 6. The second kappa shape index (κ2) is 14.3. The van der Waals surface area contributed by atoms with Gasteiger partial charge in [-0.15, -0.1) is 0 Å². The van der Waals surface area contributed by atoms with Crippen molar-refractivity contribution in [3.63, 3.8) is 0 Å². The third-order valence-corrected chi connectivity index (χ3v) is 9.61. The van der Waals surface area contributed by atoms with Crippen LogP contribution < -0.4 is 0 Å². The number of phenolic OH excluding ortho intramolecular Hbond substituents is 1. The van der Waals surface area contributed by atoms with Crippen LogP contribution in [0.4, 0.5) is 5.69 Å². The van der Waals surface area contributed by atoms with Crippen molar-refractivity contribution in [2.75, 3.05) is 0 Å². The van der Waals surface area contributed by atoms with E-state index in [1.54, 1.807) is 0 Å². The zero-order valence-corrected chi connectivity index (χ0v) is 30.5. The van der Waals surface area contributed by atoms with E-state index in [-0.39, 0.29) is 28.4 Å². The van der Waals surface area contributed by atoms with Crippen LogP contribution in [0.2, 0.25) is 0 Å². The van der Waals surface area contributed by atoms with Crippen LogP contribution in [0.3, 0.4) is 0 Å². The Hall–Kier alpha value is -5.21. The molecule has 0 radical (unpaired) electrons. The molecule has 0 saturated heterocycles. The first-order valence-corrected chi connectivity index (χ1v) is 17.7. The van der Waals surface area contributed by atoms with E-state index in [2.05, 4.69) is 194 Å². The van der Waals surface area contributed by atoms with Gasteiger partial charge in [0.25, 0.3) is 0 Å². The molecule has 0 aromatic heterocycles. The zero-order chi connectivity index (χ0) is 35.5. The third kappa shape index (κ3) is 7.50. The monoisotopic (exact) mass is 655 g/mol. The molecule has 0 aliphatic heterocycles. The van der Waals surface area contributed by atoms with Crippen molar-refractivity contribution in [3.05, 3.63) is 201 Å². The third-order valence-electron chi connectivity index (χ3n) is 9.61. The maximum Gasteiger partial charge on any atom is 0.128 e. The molecular weight excluding hydrogens is 607 g/mol. The Bertz CT molecular complexity index is 1880. The molecule has 6 aromatic carbocycles. The van der Waals surface area contributed by atoms with Crippen molar-refractivity contribution in [3.8, 4) is 5.75 Å². The number of rotatable bonds is 8. The fourth-order valence-corrected chi connectivity index (χ4v) is 7.00. The molecule has 0 aliphatic rings. The lowest BCUT2D eigenvalue weighted by Crippen LogP contribution is -2.17. The van der Waals surface area contributed by atoms with E-state index in [0.29, 0.717) is 0 Å². The molecule has 0 amide bonds. The van der Waals surface area contributed by atoms with Crippen molar-refractivity contribution in [2.45, 2.75) is 71.1 Å². The van der Waals surface area contributed by atoms with E-state index < -0.39 is 0 Å². The van der Waals surface area contributed by atoms with Crippen LogP contribution in [-0.4, -0.2) is 11.3 Å². The van der Waals surface area contributed by atoms with E-state index in [1.807, 2.05) is 6.21 Å². The summed E-state index contributed by atoms with van der Waals surface area (Å²) in [6.45, 7) is 15.3. The molecular formula is C48H49NO. The predicted octanol–water partition coefficient (Wildman–Crippen LogP) is 12.4. The Morgan fingerprint density at radius 1 is 0.520 bits per heavy atom. The van der Waals surface area contributed by atoms with E-state index in [4.69, 9.17) is 4.99 Å². The number of phenols is 1. The molecule has 2 heteroatoms. The van der Waals surface area contributed by atoms with Crippen LogP contribution in [-0.2, 0) is 10.8 Å². The average Bonchev–Trinajstić information content (AvgIpc) is 3.09. The fraction of sp³-hybridized carbons (Fsp3) is 0.229. The van der Waals surface area contributed by atoms with Gasteiger partial charge in [0.15, 0.2) is 0 Å². The quantitative estimate of drug-likeness (QED) is 0.128. The summed E-state index contributed by atoms with van der Waals surface area (Å²) in [7, 11) is 0. The Morgan fingerprint density at radius 3 is 1.24 bits per heavy atom. The summed E-state index contributed by atoms with van der Waals surface area (Å²) in [6.07, 6.45) is 1.90. The molecule has 0 aliphatic carbocycles. The van der Waals surface area contributed by atoms with Gasteiger partial charge in [-0.3, -0.25) is 4.99 Å². The molecule has 6 rings (SSSR count). The van der Waals surface area contributed by atoms with Gasteiger partial charge in [-0.1, -0.05) is 187 Å².